The molecular weight excluding hydrogens is 224 g/mol. The second-order valence-electron chi connectivity index (χ2n) is 3.57. The lowest BCUT2D eigenvalue weighted by atomic mass is 10.2. The Hall–Kier alpha value is -1.14. The maximum absolute atomic E-state index is 11.9. The number of rotatable bonds is 8. The summed E-state index contributed by atoms with van der Waals surface area (Å²) in [7, 11) is 1.53. The number of amides is 1. The smallest absolute Gasteiger partial charge is 0.325 e. The van der Waals surface area contributed by atoms with Crippen LogP contribution in [0.1, 0.15) is 20.3 Å². The Morgan fingerprint density at radius 3 is 2.47 bits per heavy atom. The van der Waals surface area contributed by atoms with Gasteiger partial charge in [0.1, 0.15) is 6.54 Å². The predicted molar refractivity (Wildman–Crippen MR) is 63.4 cm³/mol. The minimum Gasteiger partial charge on any atom is -0.465 e. The molecule has 100 valence electrons. The number of carbonyl (C=O) groups is 2. The predicted octanol–water partition coefficient (Wildman–Crippen LogP) is -0.238. The SMILES string of the molecule is CCOC(=O)CN(CCOC)C(=O)[C@H](N)CC. The molecular formula is C11H22N2O4. The van der Waals surface area contributed by atoms with Crippen LogP contribution in [0.15, 0.2) is 0 Å². The first-order valence-corrected chi connectivity index (χ1v) is 5.75. The first-order chi connectivity index (χ1) is 8.06. The third kappa shape index (κ3) is 6.23. The molecule has 0 heterocycles. The van der Waals surface area contributed by atoms with E-state index in [1.165, 1.54) is 12.0 Å². The summed E-state index contributed by atoms with van der Waals surface area (Å²) in [5.41, 5.74) is 5.65. The number of carbonyl (C=O) groups excluding carboxylic acids is 2. The first kappa shape index (κ1) is 15.9. The molecule has 0 saturated heterocycles. The van der Waals surface area contributed by atoms with Gasteiger partial charge in [-0.1, -0.05) is 6.92 Å². The largest absolute Gasteiger partial charge is 0.465 e. The zero-order valence-corrected chi connectivity index (χ0v) is 10.8. The van der Waals surface area contributed by atoms with Crippen LogP contribution in [0, 0.1) is 0 Å². The maximum Gasteiger partial charge on any atom is 0.325 e. The summed E-state index contributed by atoms with van der Waals surface area (Å²) in [5.74, 6) is -0.683. The van der Waals surface area contributed by atoms with E-state index in [0.717, 1.165) is 0 Å². The van der Waals surface area contributed by atoms with E-state index in [9.17, 15) is 9.59 Å². The van der Waals surface area contributed by atoms with Crippen molar-refractivity contribution in [1.29, 1.82) is 0 Å². The molecule has 0 unspecified atom stereocenters. The summed E-state index contributed by atoms with van der Waals surface area (Å²) in [5, 5.41) is 0. The highest BCUT2D eigenvalue weighted by Gasteiger charge is 2.22. The van der Waals surface area contributed by atoms with Crippen LogP contribution in [0.25, 0.3) is 0 Å². The van der Waals surface area contributed by atoms with Gasteiger partial charge in [-0.2, -0.15) is 0 Å². The molecule has 17 heavy (non-hydrogen) atoms. The topological polar surface area (TPSA) is 81.9 Å². The molecule has 6 heteroatoms. The van der Waals surface area contributed by atoms with Crippen LogP contribution in [0.4, 0.5) is 0 Å². The molecule has 0 aliphatic rings. The molecule has 1 amide bonds. The quantitative estimate of drug-likeness (QED) is 0.598. The van der Waals surface area contributed by atoms with Gasteiger partial charge in [0.25, 0.3) is 0 Å². The summed E-state index contributed by atoms with van der Waals surface area (Å²) < 4.78 is 9.69. The highest BCUT2D eigenvalue weighted by Crippen LogP contribution is 1.98. The average molecular weight is 246 g/mol. The number of hydrogen-bond donors (Lipinski definition) is 1. The standard InChI is InChI=1S/C11H22N2O4/c1-4-9(12)11(15)13(6-7-16-3)8-10(14)17-5-2/h9H,4-8,12H2,1-3H3/t9-/m1/s1. The van der Waals surface area contributed by atoms with Crippen molar-refractivity contribution in [3.05, 3.63) is 0 Å². The molecule has 0 saturated carbocycles. The Morgan fingerprint density at radius 1 is 1.35 bits per heavy atom. The molecule has 0 bridgehead atoms. The fraction of sp³-hybridized carbons (Fsp3) is 0.818. The molecule has 1 atom stereocenters. The summed E-state index contributed by atoms with van der Waals surface area (Å²) in [6.45, 7) is 4.45. The van der Waals surface area contributed by atoms with E-state index in [0.29, 0.717) is 26.2 Å². The van der Waals surface area contributed by atoms with Crippen LogP contribution in [0.3, 0.4) is 0 Å². The summed E-state index contributed by atoms with van der Waals surface area (Å²) in [6, 6.07) is -0.582. The van der Waals surface area contributed by atoms with E-state index in [4.69, 9.17) is 15.2 Å². The summed E-state index contributed by atoms with van der Waals surface area (Å²) in [6.07, 6.45) is 0.533. The van der Waals surface area contributed by atoms with Gasteiger partial charge in [-0.3, -0.25) is 9.59 Å². The molecule has 0 rings (SSSR count). The molecule has 0 radical (unpaired) electrons. The van der Waals surface area contributed by atoms with Gasteiger partial charge in [-0.05, 0) is 13.3 Å². The number of nitrogens with two attached hydrogens (primary N) is 1. The number of ether oxygens (including phenoxy) is 2. The Morgan fingerprint density at radius 2 is 2.00 bits per heavy atom. The Bertz CT molecular complexity index is 246. The second kappa shape index (κ2) is 8.95. The molecule has 2 N–H and O–H groups in total. The van der Waals surface area contributed by atoms with Crippen LogP contribution in [0.2, 0.25) is 0 Å². The summed E-state index contributed by atoms with van der Waals surface area (Å²) >= 11 is 0. The molecule has 0 aliphatic carbocycles. The molecule has 0 fully saturated rings. The molecule has 0 aromatic rings. The van der Waals surface area contributed by atoms with Crippen LogP contribution >= 0.6 is 0 Å². The van der Waals surface area contributed by atoms with E-state index >= 15 is 0 Å². The fourth-order valence-corrected chi connectivity index (χ4v) is 1.24. The van der Waals surface area contributed by atoms with Crippen molar-refractivity contribution in [1.82, 2.24) is 4.90 Å². The van der Waals surface area contributed by atoms with Crippen molar-refractivity contribution in [2.75, 3.05) is 33.4 Å². The zero-order valence-electron chi connectivity index (χ0n) is 10.8. The second-order valence-corrected chi connectivity index (χ2v) is 3.57. The third-order valence-electron chi connectivity index (χ3n) is 2.26. The van der Waals surface area contributed by atoms with E-state index in [-0.39, 0.29) is 12.5 Å². The number of esters is 1. The lowest BCUT2D eigenvalue weighted by Gasteiger charge is -2.24. The molecule has 0 aliphatic heterocycles. The van der Waals surface area contributed by atoms with Crippen LogP contribution in [-0.4, -0.2) is 56.2 Å². The van der Waals surface area contributed by atoms with Gasteiger partial charge >= 0.3 is 5.97 Å². The number of nitrogens with zero attached hydrogens (tertiary/aromatic N) is 1. The minimum atomic E-state index is -0.582. The van der Waals surface area contributed by atoms with Crippen molar-refractivity contribution in [3.63, 3.8) is 0 Å². The van der Waals surface area contributed by atoms with Gasteiger partial charge in [-0.25, -0.2) is 0 Å². The van der Waals surface area contributed by atoms with Crippen molar-refractivity contribution in [2.45, 2.75) is 26.3 Å². The first-order valence-electron chi connectivity index (χ1n) is 5.75. The van der Waals surface area contributed by atoms with Crippen molar-refractivity contribution < 1.29 is 19.1 Å². The Balaban J connectivity index is 4.41. The minimum absolute atomic E-state index is 0.0796. The molecule has 0 spiro atoms. The Labute approximate surface area is 102 Å². The highest BCUT2D eigenvalue weighted by molar-refractivity contribution is 5.85. The van der Waals surface area contributed by atoms with Gasteiger partial charge in [0.15, 0.2) is 0 Å². The normalized spacial score (nSPS) is 12.0. The zero-order chi connectivity index (χ0) is 13.3. The van der Waals surface area contributed by atoms with Gasteiger partial charge in [-0.15, -0.1) is 0 Å². The fourth-order valence-electron chi connectivity index (χ4n) is 1.24. The maximum atomic E-state index is 11.9. The van der Waals surface area contributed by atoms with Crippen LogP contribution < -0.4 is 5.73 Å². The van der Waals surface area contributed by atoms with Crippen LogP contribution in [-0.2, 0) is 19.1 Å². The van der Waals surface area contributed by atoms with Gasteiger partial charge < -0.3 is 20.1 Å². The van der Waals surface area contributed by atoms with Crippen molar-refractivity contribution >= 4 is 11.9 Å². The van der Waals surface area contributed by atoms with Crippen molar-refractivity contribution in [3.8, 4) is 0 Å². The average Bonchev–Trinajstić information content (AvgIpc) is 2.32. The summed E-state index contributed by atoms with van der Waals surface area (Å²) in [4.78, 5) is 24.6. The van der Waals surface area contributed by atoms with Gasteiger partial charge in [0, 0.05) is 13.7 Å². The lowest BCUT2D eigenvalue weighted by molar-refractivity contribution is -0.149. The highest BCUT2D eigenvalue weighted by atomic mass is 16.5. The lowest BCUT2D eigenvalue weighted by Crippen LogP contribution is -2.47. The Kier molecular flexibility index (Phi) is 8.35. The molecule has 0 aromatic carbocycles. The number of methoxy groups -OCH3 is 1. The van der Waals surface area contributed by atoms with E-state index in [1.807, 2.05) is 6.92 Å². The number of hydrogen-bond acceptors (Lipinski definition) is 5. The van der Waals surface area contributed by atoms with Crippen molar-refractivity contribution in [2.24, 2.45) is 5.73 Å². The third-order valence-corrected chi connectivity index (χ3v) is 2.26. The monoisotopic (exact) mass is 246 g/mol. The van der Waals surface area contributed by atoms with E-state index < -0.39 is 12.0 Å². The molecule has 0 aromatic heterocycles. The van der Waals surface area contributed by atoms with Gasteiger partial charge in [0.2, 0.25) is 5.91 Å². The van der Waals surface area contributed by atoms with Gasteiger partial charge in [0.05, 0.1) is 19.3 Å². The molecule has 6 nitrogen and oxygen atoms in total. The van der Waals surface area contributed by atoms with Crippen LogP contribution in [0.5, 0.6) is 0 Å². The van der Waals surface area contributed by atoms with E-state index in [2.05, 4.69) is 0 Å². The van der Waals surface area contributed by atoms with E-state index in [1.54, 1.807) is 6.92 Å².